The summed E-state index contributed by atoms with van der Waals surface area (Å²) in [6.07, 6.45) is 2.34. The van der Waals surface area contributed by atoms with Crippen molar-refractivity contribution < 1.29 is 0 Å². The summed E-state index contributed by atoms with van der Waals surface area (Å²) in [5.41, 5.74) is 1.06. The number of nitrogens with one attached hydrogen (secondary N) is 1. The smallest absolute Gasteiger partial charge is 0.138 e. The number of rotatable bonds is 5. The van der Waals surface area contributed by atoms with Crippen LogP contribution in [0.25, 0.3) is 0 Å². The van der Waals surface area contributed by atoms with Gasteiger partial charge in [-0.15, -0.1) is 0 Å². The molecule has 0 amide bonds. The number of aryl methyl sites for hydroxylation is 1. The number of likely N-dealkylation sites (N-methyl/N-ethyl adjacent to an activating group) is 1. The van der Waals surface area contributed by atoms with E-state index in [9.17, 15) is 0 Å². The van der Waals surface area contributed by atoms with Crippen LogP contribution in [0.5, 0.6) is 0 Å². The summed E-state index contributed by atoms with van der Waals surface area (Å²) in [6.45, 7) is 2.87. The lowest BCUT2D eigenvalue weighted by atomic mass is 10.0. The van der Waals surface area contributed by atoms with Crippen molar-refractivity contribution in [3.05, 3.63) is 45.4 Å². The lowest BCUT2D eigenvalue weighted by Gasteiger charge is -2.18. The van der Waals surface area contributed by atoms with E-state index in [1.165, 1.54) is 0 Å². The van der Waals surface area contributed by atoms with Gasteiger partial charge in [-0.3, -0.25) is 4.68 Å². The fraction of sp³-hybridized carbons (Fsp3) is 0.385. The Bertz CT molecular complexity index is 555. The Morgan fingerprint density at radius 2 is 2.26 bits per heavy atom. The monoisotopic (exact) mass is 342 g/mol. The molecule has 0 aliphatic rings. The fourth-order valence-corrected chi connectivity index (χ4v) is 2.69. The Labute approximate surface area is 126 Å². The van der Waals surface area contributed by atoms with Gasteiger partial charge in [0.25, 0.3) is 0 Å². The average Bonchev–Trinajstić information content (AvgIpc) is 2.87. The first-order chi connectivity index (χ1) is 9.17. The molecule has 2 rings (SSSR count). The third-order valence-corrected chi connectivity index (χ3v) is 4.40. The van der Waals surface area contributed by atoms with E-state index in [0.29, 0.717) is 0 Å². The Kier molecular flexibility index (Phi) is 4.96. The predicted molar refractivity (Wildman–Crippen MR) is 80.4 cm³/mol. The molecule has 1 heterocycles. The van der Waals surface area contributed by atoms with E-state index in [4.69, 9.17) is 11.6 Å². The van der Waals surface area contributed by atoms with Crippen LogP contribution in [0.4, 0.5) is 0 Å². The van der Waals surface area contributed by atoms with Crippen molar-refractivity contribution in [1.29, 1.82) is 0 Å². The lowest BCUT2D eigenvalue weighted by molar-refractivity contribution is 0.533. The molecule has 0 fully saturated rings. The third kappa shape index (κ3) is 3.16. The second-order valence-electron chi connectivity index (χ2n) is 4.18. The Hall–Kier alpha value is -0.910. The standard InChI is InChI=1S/C13H16BrClN4/c1-3-19-12(17-8-18-19)7-11(16-2)9-5-4-6-10(14)13(9)15/h4-6,8,11,16H,3,7H2,1-2H3. The molecule has 1 unspecified atom stereocenters. The molecule has 0 aliphatic carbocycles. The minimum absolute atomic E-state index is 0.111. The molecule has 6 heteroatoms. The van der Waals surface area contributed by atoms with Gasteiger partial charge in [-0.25, -0.2) is 4.98 Å². The molecule has 4 nitrogen and oxygen atoms in total. The van der Waals surface area contributed by atoms with Gasteiger partial charge in [0.15, 0.2) is 0 Å². The highest BCUT2D eigenvalue weighted by Gasteiger charge is 2.17. The Morgan fingerprint density at radius 3 is 2.95 bits per heavy atom. The van der Waals surface area contributed by atoms with Gasteiger partial charge in [0.1, 0.15) is 12.2 Å². The van der Waals surface area contributed by atoms with Gasteiger partial charge in [-0.2, -0.15) is 5.10 Å². The first kappa shape index (κ1) is 14.5. The largest absolute Gasteiger partial charge is 0.313 e. The molecule has 19 heavy (non-hydrogen) atoms. The number of nitrogens with zero attached hydrogens (tertiary/aromatic N) is 3. The molecular formula is C13H16BrClN4. The van der Waals surface area contributed by atoms with Crippen molar-refractivity contribution in [2.45, 2.75) is 25.9 Å². The number of hydrogen-bond donors (Lipinski definition) is 1. The number of aromatic nitrogens is 3. The summed E-state index contributed by atoms with van der Waals surface area (Å²) in [7, 11) is 1.93. The van der Waals surface area contributed by atoms with Gasteiger partial charge in [0, 0.05) is 23.5 Å². The highest BCUT2D eigenvalue weighted by molar-refractivity contribution is 9.10. The van der Waals surface area contributed by atoms with Crippen LogP contribution in [0.2, 0.25) is 5.02 Å². The van der Waals surface area contributed by atoms with Crippen LogP contribution in [0.1, 0.15) is 24.4 Å². The topological polar surface area (TPSA) is 42.7 Å². The zero-order valence-electron chi connectivity index (χ0n) is 10.9. The second-order valence-corrected chi connectivity index (χ2v) is 5.41. The number of benzene rings is 1. The first-order valence-electron chi connectivity index (χ1n) is 6.15. The van der Waals surface area contributed by atoms with E-state index in [-0.39, 0.29) is 6.04 Å². The number of halogens is 2. The summed E-state index contributed by atoms with van der Waals surface area (Å²) in [4.78, 5) is 4.31. The quantitative estimate of drug-likeness (QED) is 0.906. The summed E-state index contributed by atoms with van der Waals surface area (Å²) in [6, 6.07) is 6.06. The van der Waals surface area contributed by atoms with E-state index in [1.807, 2.05) is 29.9 Å². The zero-order valence-corrected chi connectivity index (χ0v) is 13.2. The molecule has 102 valence electrons. The maximum absolute atomic E-state index is 6.35. The summed E-state index contributed by atoms with van der Waals surface area (Å²) in [5, 5.41) is 8.22. The van der Waals surface area contributed by atoms with E-state index < -0.39 is 0 Å². The molecule has 1 aromatic carbocycles. The van der Waals surface area contributed by atoms with Gasteiger partial charge in [-0.1, -0.05) is 23.7 Å². The normalized spacial score (nSPS) is 12.6. The van der Waals surface area contributed by atoms with Crippen LogP contribution in [0.15, 0.2) is 29.0 Å². The molecular weight excluding hydrogens is 328 g/mol. The van der Waals surface area contributed by atoms with Crippen molar-refractivity contribution >= 4 is 27.5 Å². The van der Waals surface area contributed by atoms with Crippen LogP contribution in [-0.4, -0.2) is 21.8 Å². The average molecular weight is 344 g/mol. The van der Waals surface area contributed by atoms with E-state index in [1.54, 1.807) is 6.33 Å². The molecule has 2 aromatic rings. The van der Waals surface area contributed by atoms with Crippen molar-refractivity contribution in [3.8, 4) is 0 Å². The van der Waals surface area contributed by atoms with Crippen molar-refractivity contribution in [2.75, 3.05) is 7.05 Å². The maximum atomic E-state index is 6.35. The molecule has 0 saturated heterocycles. The molecule has 0 aliphatic heterocycles. The van der Waals surface area contributed by atoms with Crippen LogP contribution in [0, 0.1) is 0 Å². The van der Waals surface area contributed by atoms with Crippen molar-refractivity contribution in [2.24, 2.45) is 0 Å². The minimum atomic E-state index is 0.111. The summed E-state index contributed by atoms with van der Waals surface area (Å²) < 4.78 is 2.81. The second kappa shape index (κ2) is 6.50. The van der Waals surface area contributed by atoms with Gasteiger partial charge < -0.3 is 5.32 Å². The van der Waals surface area contributed by atoms with E-state index >= 15 is 0 Å². The minimum Gasteiger partial charge on any atom is -0.313 e. The van der Waals surface area contributed by atoms with E-state index in [2.05, 4.69) is 38.3 Å². The molecule has 1 atom stereocenters. The molecule has 1 N–H and O–H groups in total. The Morgan fingerprint density at radius 1 is 1.47 bits per heavy atom. The van der Waals surface area contributed by atoms with Crippen molar-refractivity contribution in [3.63, 3.8) is 0 Å². The zero-order chi connectivity index (χ0) is 13.8. The SMILES string of the molecule is CCn1ncnc1CC(NC)c1cccc(Br)c1Cl. The highest BCUT2D eigenvalue weighted by atomic mass is 79.9. The van der Waals surface area contributed by atoms with Crippen LogP contribution in [0.3, 0.4) is 0 Å². The van der Waals surface area contributed by atoms with Gasteiger partial charge >= 0.3 is 0 Å². The number of hydrogen-bond acceptors (Lipinski definition) is 3. The van der Waals surface area contributed by atoms with Crippen LogP contribution < -0.4 is 5.32 Å². The molecule has 0 saturated carbocycles. The predicted octanol–water partition coefficient (Wildman–Crippen LogP) is 3.22. The van der Waals surface area contributed by atoms with Gasteiger partial charge in [-0.05, 0) is 41.5 Å². The summed E-state index contributed by atoms with van der Waals surface area (Å²) >= 11 is 9.81. The van der Waals surface area contributed by atoms with Gasteiger partial charge in [0.2, 0.25) is 0 Å². The molecule has 0 bridgehead atoms. The van der Waals surface area contributed by atoms with Crippen LogP contribution in [-0.2, 0) is 13.0 Å². The maximum Gasteiger partial charge on any atom is 0.138 e. The fourth-order valence-electron chi connectivity index (χ4n) is 2.05. The van der Waals surface area contributed by atoms with Crippen LogP contribution >= 0.6 is 27.5 Å². The molecule has 0 radical (unpaired) electrons. The van der Waals surface area contributed by atoms with Crippen molar-refractivity contribution in [1.82, 2.24) is 20.1 Å². The first-order valence-corrected chi connectivity index (χ1v) is 7.32. The summed E-state index contributed by atoms with van der Waals surface area (Å²) in [5.74, 6) is 0.956. The lowest BCUT2D eigenvalue weighted by Crippen LogP contribution is -2.21. The Balaban J connectivity index is 2.28. The molecule has 0 spiro atoms. The molecule has 1 aromatic heterocycles. The highest BCUT2D eigenvalue weighted by Crippen LogP contribution is 2.31. The van der Waals surface area contributed by atoms with Gasteiger partial charge in [0.05, 0.1) is 5.02 Å². The van der Waals surface area contributed by atoms with E-state index in [0.717, 1.165) is 33.8 Å². The third-order valence-electron chi connectivity index (χ3n) is 3.09.